The van der Waals surface area contributed by atoms with Gasteiger partial charge in [0.05, 0.1) is 11.0 Å². The molecule has 0 aliphatic rings. The molecule has 0 spiro atoms. The molecule has 10 aromatic rings. The largest absolute Gasteiger partial charge is 0.456 e. The predicted molar refractivity (Wildman–Crippen MR) is 203 cm³/mol. The van der Waals surface area contributed by atoms with E-state index in [1.54, 1.807) is 0 Å². The molecule has 7 aromatic carbocycles. The normalized spacial score (nSPS) is 11.6. The maximum absolute atomic E-state index is 6.31. The Hall–Kier alpha value is -6.85. The van der Waals surface area contributed by atoms with Crippen molar-refractivity contribution >= 4 is 43.7 Å². The summed E-state index contributed by atoms with van der Waals surface area (Å²) in [7, 11) is 0. The lowest BCUT2D eigenvalue weighted by atomic mass is 10.0. The minimum Gasteiger partial charge on any atom is -0.456 e. The Labute approximate surface area is 287 Å². The van der Waals surface area contributed by atoms with Crippen LogP contribution in [0.5, 0.6) is 0 Å². The Morgan fingerprint density at radius 3 is 1.46 bits per heavy atom. The van der Waals surface area contributed by atoms with Gasteiger partial charge in [-0.2, -0.15) is 9.97 Å². The van der Waals surface area contributed by atoms with Crippen LogP contribution in [0.1, 0.15) is 0 Å². The number of hydrogen-bond acceptors (Lipinski definition) is 4. The SMILES string of the molecule is c1ccc(-c2ccc(-c3nc(-c4ccc(-c5ccccc5)cc4)nc(-n4c5ccccc5c5c6c(ccc54)oc4ccccc46)n3)cc2)cc1. The molecule has 3 aromatic heterocycles. The van der Waals surface area contributed by atoms with Crippen LogP contribution in [-0.4, -0.2) is 19.5 Å². The van der Waals surface area contributed by atoms with Gasteiger partial charge in [-0.1, -0.05) is 146 Å². The number of benzene rings is 7. The van der Waals surface area contributed by atoms with E-state index in [0.717, 1.165) is 77.1 Å². The van der Waals surface area contributed by atoms with Crippen LogP contribution in [0.2, 0.25) is 0 Å². The molecular formula is C45H28N4O. The van der Waals surface area contributed by atoms with Crippen molar-refractivity contribution in [3.8, 4) is 51.0 Å². The molecule has 10 rings (SSSR count). The molecule has 0 saturated heterocycles. The Bertz CT molecular complexity index is 2740. The zero-order chi connectivity index (χ0) is 33.0. The van der Waals surface area contributed by atoms with Gasteiger partial charge in [0.25, 0.3) is 0 Å². The minimum absolute atomic E-state index is 0.558. The third-order valence-electron chi connectivity index (χ3n) is 9.50. The van der Waals surface area contributed by atoms with E-state index in [2.05, 4.69) is 150 Å². The number of rotatable bonds is 5. The van der Waals surface area contributed by atoms with E-state index >= 15 is 0 Å². The van der Waals surface area contributed by atoms with Crippen molar-refractivity contribution in [2.24, 2.45) is 0 Å². The van der Waals surface area contributed by atoms with Gasteiger partial charge in [0.1, 0.15) is 11.2 Å². The summed E-state index contributed by atoms with van der Waals surface area (Å²) in [6.07, 6.45) is 0. The van der Waals surface area contributed by atoms with Gasteiger partial charge in [-0.3, -0.25) is 4.57 Å². The van der Waals surface area contributed by atoms with Crippen molar-refractivity contribution in [2.45, 2.75) is 0 Å². The van der Waals surface area contributed by atoms with E-state index in [9.17, 15) is 0 Å². The second-order valence-corrected chi connectivity index (χ2v) is 12.5. The number of furan rings is 1. The fourth-order valence-electron chi connectivity index (χ4n) is 7.10. The second kappa shape index (κ2) is 11.4. The molecule has 0 radical (unpaired) electrons. The summed E-state index contributed by atoms with van der Waals surface area (Å²) in [6, 6.07) is 58.5. The zero-order valence-corrected chi connectivity index (χ0v) is 26.9. The van der Waals surface area contributed by atoms with Crippen molar-refractivity contribution < 1.29 is 4.42 Å². The number of para-hydroxylation sites is 2. The molecule has 50 heavy (non-hydrogen) atoms. The monoisotopic (exact) mass is 640 g/mol. The van der Waals surface area contributed by atoms with E-state index in [1.165, 1.54) is 0 Å². The molecular weight excluding hydrogens is 613 g/mol. The van der Waals surface area contributed by atoms with Crippen molar-refractivity contribution in [2.75, 3.05) is 0 Å². The standard InChI is InChI=1S/C45H28N4O/c1-3-11-29(12-4-1)31-19-23-33(24-20-31)43-46-44(34-25-21-32(22-26-34)30-13-5-2-6-14-30)48-45(47-43)49-37-17-9-7-15-35(37)41-38(49)27-28-40-42(41)36-16-8-10-18-39(36)50-40/h1-28H. The van der Waals surface area contributed by atoms with Crippen LogP contribution in [0.4, 0.5) is 0 Å². The highest BCUT2D eigenvalue weighted by Gasteiger charge is 2.21. The van der Waals surface area contributed by atoms with E-state index in [1.807, 2.05) is 24.3 Å². The minimum atomic E-state index is 0.558. The molecule has 0 aliphatic heterocycles. The summed E-state index contributed by atoms with van der Waals surface area (Å²) in [6.45, 7) is 0. The van der Waals surface area contributed by atoms with Crippen LogP contribution in [0.3, 0.4) is 0 Å². The molecule has 0 aliphatic carbocycles. The molecule has 3 heterocycles. The average Bonchev–Trinajstić information content (AvgIpc) is 3.74. The summed E-state index contributed by atoms with van der Waals surface area (Å²) in [5.41, 5.74) is 10.2. The number of aromatic nitrogens is 4. The smallest absolute Gasteiger partial charge is 0.238 e. The first-order valence-corrected chi connectivity index (χ1v) is 16.7. The van der Waals surface area contributed by atoms with Gasteiger partial charge < -0.3 is 4.42 Å². The van der Waals surface area contributed by atoms with Crippen molar-refractivity contribution in [1.29, 1.82) is 0 Å². The van der Waals surface area contributed by atoms with E-state index in [-0.39, 0.29) is 0 Å². The maximum atomic E-state index is 6.31. The van der Waals surface area contributed by atoms with Crippen LogP contribution in [0.25, 0.3) is 94.7 Å². The van der Waals surface area contributed by atoms with E-state index in [0.29, 0.717) is 17.6 Å². The van der Waals surface area contributed by atoms with Crippen molar-refractivity contribution in [1.82, 2.24) is 19.5 Å². The number of nitrogens with zero attached hydrogens (tertiary/aromatic N) is 4. The van der Waals surface area contributed by atoms with Crippen LogP contribution in [0, 0.1) is 0 Å². The lowest BCUT2D eigenvalue weighted by Crippen LogP contribution is -2.06. The van der Waals surface area contributed by atoms with Gasteiger partial charge in [0.15, 0.2) is 11.6 Å². The van der Waals surface area contributed by atoms with Crippen molar-refractivity contribution in [3.63, 3.8) is 0 Å². The Kier molecular flexibility index (Phi) is 6.42. The average molecular weight is 641 g/mol. The first-order chi connectivity index (χ1) is 24.8. The molecule has 0 unspecified atom stereocenters. The number of fused-ring (bicyclic) bond motifs is 7. The fraction of sp³-hybridized carbons (Fsp3) is 0. The van der Waals surface area contributed by atoms with Gasteiger partial charge in [0.2, 0.25) is 5.95 Å². The van der Waals surface area contributed by atoms with Crippen LogP contribution in [0.15, 0.2) is 174 Å². The topological polar surface area (TPSA) is 56.7 Å². The van der Waals surface area contributed by atoms with Crippen LogP contribution >= 0.6 is 0 Å². The highest BCUT2D eigenvalue weighted by atomic mass is 16.3. The zero-order valence-electron chi connectivity index (χ0n) is 26.9. The van der Waals surface area contributed by atoms with E-state index < -0.39 is 0 Å². The summed E-state index contributed by atoms with van der Waals surface area (Å²) >= 11 is 0. The molecule has 0 amide bonds. The third-order valence-corrected chi connectivity index (χ3v) is 9.50. The Morgan fingerprint density at radius 2 is 0.840 bits per heavy atom. The quantitative estimate of drug-likeness (QED) is 0.188. The molecule has 0 atom stereocenters. The van der Waals surface area contributed by atoms with Crippen molar-refractivity contribution in [3.05, 3.63) is 170 Å². The molecule has 234 valence electrons. The third kappa shape index (κ3) is 4.60. The summed E-state index contributed by atoms with van der Waals surface area (Å²) < 4.78 is 8.47. The number of hydrogen-bond donors (Lipinski definition) is 0. The molecule has 5 heteroatoms. The van der Waals surface area contributed by atoms with Gasteiger partial charge in [-0.05, 0) is 46.5 Å². The van der Waals surface area contributed by atoms with Gasteiger partial charge in [-0.25, -0.2) is 4.98 Å². The van der Waals surface area contributed by atoms with Gasteiger partial charge in [-0.15, -0.1) is 0 Å². The maximum Gasteiger partial charge on any atom is 0.238 e. The second-order valence-electron chi connectivity index (χ2n) is 12.5. The Morgan fingerprint density at radius 1 is 0.340 bits per heavy atom. The first kappa shape index (κ1) is 28.2. The summed E-state index contributed by atoms with van der Waals surface area (Å²) in [4.78, 5) is 15.5. The molecule has 0 saturated carbocycles. The summed E-state index contributed by atoms with van der Waals surface area (Å²) in [5, 5.41) is 4.41. The lowest BCUT2D eigenvalue weighted by Gasteiger charge is -2.12. The van der Waals surface area contributed by atoms with Gasteiger partial charge in [0, 0.05) is 32.7 Å². The highest BCUT2D eigenvalue weighted by Crippen LogP contribution is 2.41. The first-order valence-electron chi connectivity index (χ1n) is 16.7. The molecule has 0 N–H and O–H groups in total. The highest BCUT2D eigenvalue weighted by molar-refractivity contribution is 6.27. The van der Waals surface area contributed by atoms with Gasteiger partial charge >= 0.3 is 0 Å². The molecule has 5 nitrogen and oxygen atoms in total. The fourth-order valence-corrected chi connectivity index (χ4v) is 7.10. The Balaban J connectivity index is 1.20. The van der Waals surface area contributed by atoms with E-state index in [4.69, 9.17) is 19.4 Å². The summed E-state index contributed by atoms with van der Waals surface area (Å²) in [5.74, 6) is 1.78. The predicted octanol–water partition coefficient (Wildman–Crippen LogP) is 11.5. The van der Waals surface area contributed by atoms with Crippen LogP contribution in [-0.2, 0) is 0 Å². The lowest BCUT2D eigenvalue weighted by molar-refractivity contribution is 0.669. The van der Waals surface area contributed by atoms with Crippen LogP contribution < -0.4 is 0 Å². The molecule has 0 fully saturated rings. The molecule has 0 bridgehead atoms.